The van der Waals surface area contributed by atoms with E-state index in [4.69, 9.17) is 9.47 Å². The summed E-state index contributed by atoms with van der Waals surface area (Å²) in [6.45, 7) is 7.54. The van der Waals surface area contributed by atoms with Crippen molar-refractivity contribution < 1.29 is 22.7 Å². The molecule has 0 heterocycles. The van der Waals surface area contributed by atoms with Gasteiger partial charge in [0.05, 0.1) is 12.9 Å². The van der Waals surface area contributed by atoms with Crippen molar-refractivity contribution in [2.75, 3.05) is 19.5 Å². The highest BCUT2D eigenvalue weighted by Gasteiger charge is 2.33. The van der Waals surface area contributed by atoms with Crippen LogP contribution in [0, 0.1) is 17.8 Å². The third-order valence-electron chi connectivity index (χ3n) is 5.95. The lowest BCUT2D eigenvalue weighted by atomic mass is 9.79. The highest BCUT2D eigenvalue weighted by molar-refractivity contribution is 7.89. The number of hydrogen-bond donors (Lipinski definition) is 2. The van der Waals surface area contributed by atoms with Gasteiger partial charge in [0, 0.05) is 18.4 Å². The Morgan fingerprint density at radius 1 is 1.15 bits per heavy atom. The highest BCUT2D eigenvalue weighted by atomic mass is 32.2. The number of hydrogen-bond acceptors (Lipinski definition) is 5. The number of carbonyl (C=O) groups excluding carboxylic acids is 1. The van der Waals surface area contributed by atoms with E-state index in [0.717, 1.165) is 37.7 Å². The van der Waals surface area contributed by atoms with Crippen molar-refractivity contribution in [2.45, 2.75) is 77.8 Å². The van der Waals surface area contributed by atoms with Crippen LogP contribution in [0.4, 0.5) is 0 Å². The van der Waals surface area contributed by atoms with Crippen molar-refractivity contribution in [3.8, 4) is 23.3 Å². The van der Waals surface area contributed by atoms with Crippen LogP contribution in [0.3, 0.4) is 0 Å². The quantitative estimate of drug-likeness (QED) is 0.501. The minimum atomic E-state index is -3.49. The Balaban J connectivity index is 2.19. The lowest BCUT2D eigenvalue weighted by Crippen LogP contribution is -2.53. The number of sulfonamides is 1. The van der Waals surface area contributed by atoms with Gasteiger partial charge in [0.15, 0.2) is 11.5 Å². The minimum absolute atomic E-state index is 0.0617. The maximum absolute atomic E-state index is 13.1. The zero-order valence-corrected chi connectivity index (χ0v) is 21.3. The van der Waals surface area contributed by atoms with E-state index in [1.807, 2.05) is 39.0 Å². The molecule has 3 atom stereocenters. The summed E-state index contributed by atoms with van der Waals surface area (Å²) in [5, 5.41) is 3.14. The molecule has 1 aliphatic rings. The minimum Gasteiger partial charge on any atom is -0.493 e. The average Bonchev–Trinajstić information content (AvgIpc) is 2.80. The number of nitrogens with one attached hydrogen (secondary N) is 2. The Labute approximate surface area is 199 Å². The van der Waals surface area contributed by atoms with Gasteiger partial charge in [-0.25, -0.2) is 13.1 Å². The maximum Gasteiger partial charge on any atom is 0.238 e. The zero-order valence-electron chi connectivity index (χ0n) is 20.4. The molecule has 0 aromatic heterocycles. The summed E-state index contributed by atoms with van der Waals surface area (Å²) in [6.07, 6.45) is 4.65. The van der Waals surface area contributed by atoms with Crippen molar-refractivity contribution in [3.05, 3.63) is 23.8 Å². The molecule has 1 aromatic rings. The molecule has 1 amide bonds. The normalized spacial score (nSPS) is 19.3. The summed E-state index contributed by atoms with van der Waals surface area (Å²) in [5.74, 6) is 6.82. The molecule has 0 aliphatic heterocycles. The van der Waals surface area contributed by atoms with Gasteiger partial charge in [-0.3, -0.25) is 4.79 Å². The maximum atomic E-state index is 13.1. The molecule has 1 aliphatic carbocycles. The first-order valence-electron chi connectivity index (χ1n) is 11.8. The molecule has 0 unspecified atom stereocenters. The Morgan fingerprint density at radius 2 is 1.88 bits per heavy atom. The summed E-state index contributed by atoms with van der Waals surface area (Å²) < 4.78 is 38.0. The lowest BCUT2D eigenvalue weighted by Gasteiger charge is -2.34. The monoisotopic (exact) mass is 478 g/mol. The smallest absolute Gasteiger partial charge is 0.238 e. The fourth-order valence-corrected chi connectivity index (χ4v) is 5.00. The van der Waals surface area contributed by atoms with Gasteiger partial charge in [-0.15, -0.1) is 5.92 Å². The zero-order chi connectivity index (χ0) is 24.4. The van der Waals surface area contributed by atoms with Gasteiger partial charge in [-0.1, -0.05) is 45.6 Å². The molecule has 7 nitrogen and oxygen atoms in total. The van der Waals surface area contributed by atoms with Crippen molar-refractivity contribution in [2.24, 2.45) is 5.92 Å². The average molecular weight is 479 g/mol. The second kappa shape index (κ2) is 12.9. The van der Waals surface area contributed by atoms with Crippen LogP contribution < -0.4 is 19.5 Å². The molecule has 1 saturated carbocycles. The predicted molar refractivity (Wildman–Crippen MR) is 131 cm³/mol. The van der Waals surface area contributed by atoms with E-state index in [-0.39, 0.29) is 29.5 Å². The summed E-state index contributed by atoms with van der Waals surface area (Å²) in [4.78, 5) is 13.1. The van der Waals surface area contributed by atoms with Crippen LogP contribution in [0.5, 0.6) is 11.5 Å². The first-order chi connectivity index (χ1) is 15.7. The number of rotatable bonds is 10. The van der Waals surface area contributed by atoms with Crippen molar-refractivity contribution >= 4 is 15.9 Å². The van der Waals surface area contributed by atoms with Gasteiger partial charge >= 0.3 is 0 Å². The molecular formula is C25H38N2O5S. The van der Waals surface area contributed by atoms with Gasteiger partial charge in [0.2, 0.25) is 15.9 Å². The molecule has 0 saturated heterocycles. The first-order valence-corrected chi connectivity index (χ1v) is 13.4. The molecule has 184 valence electrons. The van der Waals surface area contributed by atoms with E-state index < -0.39 is 16.1 Å². The third kappa shape index (κ3) is 7.94. The van der Waals surface area contributed by atoms with Crippen molar-refractivity contribution in [1.82, 2.24) is 10.0 Å². The first kappa shape index (κ1) is 27.0. The summed E-state index contributed by atoms with van der Waals surface area (Å²) in [6, 6.07) is 5.00. The van der Waals surface area contributed by atoms with E-state index >= 15 is 0 Å². The molecule has 1 aromatic carbocycles. The SMILES string of the molecule is CCC#CCOc1ccc([C@H]2CCCC[C@@H]2NC(=O)[C@@H](NS(=O)(=O)CC)C(C)C)cc1OC. The van der Waals surface area contributed by atoms with Crippen LogP contribution in [-0.4, -0.2) is 45.9 Å². The highest BCUT2D eigenvalue weighted by Crippen LogP contribution is 2.37. The van der Waals surface area contributed by atoms with Gasteiger partial charge in [0.1, 0.15) is 12.6 Å². The summed E-state index contributed by atoms with van der Waals surface area (Å²) >= 11 is 0. The van der Waals surface area contributed by atoms with Crippen LogP contribution in [-0.2, 0) is 14.8 Å². The number of amides is 1. The van der Waals surface area contributed by atoms with Gasteiger partial charge in [-0.2, -0.15) is 0 Å². The lowest BCUT2D eigenvalue weighted by molar-refractivity contribution is -0.124. The van der Waals surface area contributed by atoms with Crippen LogP contribution in [0.2, 0.25) is 0 Å². The van der Waals surface area contributed by atoms with E-state index in [0.29, 0.717) is 18.1 Å². The van der Waals surface area contributed by atoms with E-state index in [2.05, 4.69) is 21.9 Å². The van der Waals surface area contributed by atoms with E-state index in [1.54, 1.807) is 14.0 Å². The second-order valence-corrected chi connectivity index (χ2v) is 10.7. The van der Waals surface area contributed by atoms with Crippen LogP contribution in [0.1, 0.15) is 71.3 Å². The van der Waals surface area contributed by atoms with Crippen molar-refractivity contribution in [3.63, 3.8) is 0 Å². The van der Waals surface area contributed by atoms with Crippen molar-refractivity contribution in [1.29, 1.82) is 0 Å². The number of benzene rings is 1. The van der Waals surface area contributed by atoms with Gasteiger partial charge in [-0.05, 0) is 43.4 Å². The second-order valence-electron chi connectivity index (χ2n) is 8.66. The fraction of sp³-hybridized carbons (Fsp3) is 0.640. The van der Waals surface area contributed by atoms with Crippen LogP contribution in [0.25, 0.3) is 0 Å². The summed E-state index contributed by atoms with van der Waals surface area (Å²) in [7, 11) is -1.88. The molecule has 0 spiro atoms. The number of carbonyl (C=O) groups is 1. The molecule has 8 heteroatoms. The number of methoxy groups -OCH3 is 1. The molecule has 2 N–H and O–H groups in total. The van der Waals surface area contributed by atoms with Crippen LogP contribution >= 0.6 is 0 Å². The Bertz CT molecular complexity index is 949. The molecule has 2 rings (SSSR count). The largest absolute Gasteiger partial charge is 0.493 e. The Hall–Kier alpha value is -2.24. The van der Waals surface area contributed by atoms with E-state index in [9.17, 15) is 13.2 Å². The molecule has 0 bridgehead atoms. The standard InChI is InChI=1S/C25H38N2O5S/c1-6-8-11-16-32-22-15-14-19(17-23(22)31-5)20-12-9-10-13-21(20)26-25(28)24(18(3)4)27-33(29,30)7-2/h14-15,17-18,20-21,24,27H,6-7,9-10,12-13,16H2,1-5H3,(H,26,28)/t20-,21+,24+/m1/s1. The topological polar surface area (TPSA) is 93.7 Å². The van der Waals surface area contributed by atoms with Gasteiger partial charge in [0.25, 0.3) is 0 Å². The molecule has 33 heavy (non-hydrogen) atoms. The fourth-order valence-electron chi connectivity index (χ4n) is 4.07. The van der Waals surface area contributed by atoms with Crippen LogP contribution in [0.15, 0.2) is 18.2 Å². The van der Waals surface area contributed by atoms with E-state index in [1.165, 1.54) is 0 Å². The Morgan fingerprint density at radius 3 is 2.52 bits per heavy atom. The molecule has 1 fully saturated rings. The number of ether oxygens (including phenoxy) is 2. The third-order valence-corrected chi connectivity index (χ3v) is 7.32. The Kier molecular flexibility index (Phi) is 10.5. The predicted octanol–water partition coefficient (Wildman–Crippen LogP) is 3.59. The molecular weight excluding hydrogens is 440 g/mol. The molecule has 0 radical (unpaired) electrons. The summed E-state index contributed by atoms with van der Waals surface area (Å²) in [5.41, 5.74) is 1.07. The van der Waals surface area contributed by atoms with Gasteiger partial charge < -0.3 is 14.8 Å².